The summed E-state index contributed by atoms with van der Waals surface area (Å²) in [6, 6.07) is 9.46. The molecule has 0 N–H and O–H groups in total. The Balaban J connectivity index is 2.28. The van der Waals surface area contributed by atoms with Gasteiger partial charge in [-0.3, -0.25) is 0 Å². The first-order valence-electron chi connectivity index (χ1n) is 4.69. The van der Waals surface area contributed by atoms with Crippen LogP contribution in [0.25, 0.3) is 0 Å². The van der Waals surface area contributed by atoms with E-state index >= 15 is 0 Å². The Morgan fingerprint density at radius 2 is 2.21 bits per heavy atom. The zero-order valence-corrected chi connectivity index (χ0v) is 7.78. The van der Waals surface area contributed by atoms with Crippen molar-refractivity contribution in [3.8, 4) is 6.07 Å². The first kappa shape index (κ1) is 9.01. The van der Waals surface area contributed by atoms with Crippen LogP contribution < -0.4 is 4.90 Å². The highest BCUT2D eigenvalue weighted by Gasteiger charge is 2.23. The zero-order valence-electron chi connectivity index (χ0n) is 7.78. The van der Waals surface area contributed by atoms with Crippen molar-refractivity contribution in [3.63, 3.8) is 0 Å². The van der Waals surface area contributed by atoms with Crippen LogP contribution in [-0.4, -0.2) is 19.3 Å². The van der Waals surface area contributed by atoms with Gasteiger partial charge in [-0.15, -0.1) is 0 Å². The minimum Gasteiger partial charge on any atom is -0.367 e. The van der Waals surface area contributed by atoms with Crippen molar-refractivity contribution in [1.82, 2.24) is 0 Å². The average molecular weight is 190 g/mol. The summed E-state index contributed by atoms with van der Waals surface area (Å²) in [7, 11) is 0. The van der Waals surface area contributed by atoms with Gasteiger partial charge in [-0.25, -0.2) is 4.39 Å². The Hall–Kier alpha value is -1.56. The highest BCUT2D eigenvalue weighted by molar-refractivity contribution is 5.59. The summed E-state index contributed by atoms with van der Waals surface area (Å²) in [4.78, 5) is 1.93. The summed E-state index contributed by atoms with van der Waals surface area (Å²) in [5.41, 5.74) is 1.48. The number of para-hydroxylation sites is 1. The Kier molecular flexibility index (Phi) is 2.36. The fourth-order valence-corrected chi connectivity index (χ4v) is 1.78. The largest absolute Gasteiger partial charge is 0.367 e. The molecular weight excluding hydrogens is 179 g/mol. The number of anilines is 1. The molecule has 0 aromatic heterocycles. The third kappa shape index (κ3) is 1.56. The molecule has 0 saturated carbocycles. The van der Waals surface area contributed by atoms with Gasteiger partial charge in [0.1, 0.15) is 12.2 Å². The van der Waals surface area contributed by atoms with Gasteiger partial charge in [0.2, 0.25) is 0 Å². The van der Waals surface area contributed by atoms with E-state index in [0.29, 0.717) is 25.1 Å². The van der Waals surface area contributed by atoms with Gasteiger partial charge in [0.05, 0.1) is 11.3 Å². The quantitative estimate of drug-likeness (QED) is 0.678. The fraction of sp³-hybridized carbons (Fsp3) is 0.364. The van der Waals surface area contributed by atoms with Crippen molar-refractivity contribution < 1.29 is 4.39 Å². The molecule has 2 nitrogen and oxygen atoms in total. The lowest BCUT2D eigenvalue weighted by molar-refractivity contribution is 0.364. The van der Waals surface area contributed by atoms with Crippen LogP contribution in [0.1, 0.15) is 12.0 Å². The molecule has 0 amide bonds. The number of nitrogens with zero attached hydrogens (tertiary/aromatic N) is 2. The van der Waals surface area contributed by atoms with E-state index in [-0.39, 0.29) is 0 Å². The standard InChI is InChI=1S/C11H11FN2/c12-10-5-6-14(8-10)11-4-2-1-3-9(11)7-13/h1-4,10H,5-6,8H2/t10-/m0/s1. The van der Waals surface area contributed by atoms with E-state index in [2.05, 4.69) is 6.07 Å². The van der Waals surface area contributed by atoms with Gasteiger partial charge in [-0.2, -0.15) is 5.26 Å². The number of benzene rings is 1. The maximum absolute atomic E-state index is 13.0. The van der Waals surface area contributed by atoms with E-state index in [9.17, 15) is 4.39 Å². The number of rotatable bonds is 1. The summed E-state index contributed by atoms with van der Waals surface area (Å²) in [6.07, 6.45) is -0.179. The molecule has 0 radical (unpaired) electrons. The maximum atomic E-state index is 13.0. The van der Waals surface area contributed by atoms with Crippen molar-refractivity contribution in [2.75, 3.05) is 18.0 Å². The molecule has 1 aromatic carbocycles. The van der Waals surface area contributed by atoms with Crippen LogP contribution in [0, 0.1) is 11.3 Å². The van der Waals surface area contributed by atoms with Crippen LogP contribution in [0.15, 0.2) is 24.3 Å². The van der Waals surface area contributed by atoms with E-state index in [0.717, 1.165) is 5.69 Å². The number of alkyl halides is 1. The smallest absolute Gasteiger partial charge is 0.119 e. The summed E-state index contributed by atoms with van der Waals surface area (Å²) in [5, 5.41) is 8.87. The van der Waals surface area contributed by atoms with Gasteiger partial charge in [-0.1, -0.05) is 12.1 Å². The van der Waals surface area contributed by atoms with Crippen molar-refractivity contribution in [2.45, 2.75) is 12.6 Å². The molecule has 1 aliphatic heterocycles. The minimum atomic E-state index is -0.748. The van der Waals surface area contributed by atoms with Crippen LogP contribution in [0.3, 0.4) is 0 Å². The molecule has 3 heteroatoms. The molecule has 1 aliphatic rings. The van der Waals surface area contributed by atoms with Crippen molar-refractivity contribution in [3.05, 3.63) is 29.8 Å². The lowest BCUT2D eigenvalue weighted by atomic mass is 10.2. The molecule has 2 rings (SSSR count). The number of hydrogen-bond acceptors (Lipinski definition) is 2. The summed E-state index contributed by atoms with van der Waals surface area (Å²) >= 11 is 0. The molecule has 1 heterocycles. The summed E-state index contributed by atoms with van der Waals surface area (Å²) in [5.74, 6) is 0. The van der Waals surface area contributed by atoms with Gasteiger partial charge >= 0.3 is 0 Å². The van der Waals surface area contributed by atoms with Crippen molar-refractivity contribution in [2.24, 2.45) is 0 Å². The topological polar surface area (TPSA) is 27.0 Å². The van der Waals surface area contributed by atoms with Crippen molar-refractivity contribution in [1.29, 1.82) is 5.26 Å². The first-order chi connectivity index (χ1) is 6.81. The highest BCUT2D eigenvalue weighted by Crippen LogP contribution is 2.24. The second-order valence-corrected chi connectivity index (χ2v) is 3.46. The molecule has 14 heavy (non-hydrogen) atoms. The number of halogens is 1. The second kappa shape index (κ2) is 3.67. The van der Waals surface area contributed by atoms with Gasteiger partial charge in [0.25, 0.3) is 0 Å². The first-order valence-corrected chi connectivity index (χ1v) is 4.69. The monoisotopic (exact) mass is 190 g/mol. The van der Waals surface area contributed by atoms with Crippen molar-refractivity contribution >= 4 is 5.69 Å². The van der Waals surface area contributed by atoms with E-state index in [1.54, 1.807) is 6.07 Å². The van der Waals surface area contributed by atoms with Gasteiger partial charge in [0.15, 0.2) is 0 Å². The second-order valence-electron chi connectivity index (χ2n) is 3.46. The van der Waals surface area contributed by atoms with E-state index in [4.69, 9.17) is 5.26 Å². The van der Waals surface area contributed by atoms with Crippen LogP contribution in [-0.2, 0) is 0 Å². The third-order valence-corrected chi connectivity index (χ3v) is 2.50. The van der Waals surface area contributed by atoms with Crippen LogP contribution in [0.4, 0.5) is 10.1 Å². The Labute approximate surface area is 82.6 Å². The summed E-state index contributed by atoms with van der Waals surface area (Å²) in [6.45, 7) is 1.12. The maximum Gasteiger partial charge on any atom is 0.119 e. The zero-order chi connectivity index (χ0) is 9.97. The van der Waals surface area contributed by atoms with Gasteiger partial charge in [0, 0.05) is 13.1 Å². The molecule has 72 valence electrons. The molecule has 0 bridgehead atoms. The predicted molar refractivity (Wildman–Crippen MR) is 52.9 cm³/mol. The van der Waals surface area contributed by atoms with Crippen LogP contribution in [0.5, 0.6) is 0 Å². The molecule has 1 fully saturated rings. The third-order valence-electron chi connectivity index (χ3n) is 2.50. The molecule has 1 aromatic rings. The number of nitriles is 1. The van der Waals surface area contributed by atoms with Crippen LogP contribution in [0.2, 0.25) is 0 Å². The van der Waals surface area contributed by atoms with E-state index in [1.807, 2.05) is 23.1 Å². The Morgan fingerprint density at radius 3 is 2.86 bits per heavy atom. The Morgan fingerprint density at radius 1 is 1.43 bits per heavy atom. The average Bonchev–Trinajstić information content (AvgIpc) is 2.65. The predicted octanol–water partition coefficient (Wildman–Crippen LogP) is 2.11. The molecule has 0 spiro atoms. The fourth-order valence-electron chi connectivity index (χ4n) is 1.78. The van der Waals surface area contributed by atoms with Gasteiger partial charge in [-0.05, 0) is 18.6 Å². The highest BCUT2D eigenvalue weighted by atomic mass is 19.1. The minimum absolute atomic E-state index is 0.415. The molecular formula is C11H11FN2. The Bertz CT molecular complexity index is 370. The normalized spacial score (nSPS) is 20.9. The lowest BCUT2D eigenvalue weighted by Gasteiger charge is -2.18. The van der Waals surface area contributed by atoms with Crippen LogP contribution >= 0.6 is 0 Å². The lowest BCUT2D eigenvalue weighted by Crippen LogP contribution is -2.20. The van der Waals surface area contributed by atoms with E-state index < -0.39 is 6.17 Å². The molecule has 0 aliphatic carbocycles. The SMILES string of the molecule is N#Cc1ccccc1N1CC[C@H](F)C1. The van der Waals surface area contributed by atoms with Gasteiger partial charge < -0.3 is 4.90 Å². The molecule has 1 atom stereocenters. The summed E-state index contributed by atoms with van der Waals surface area (Å²) < 4.78 is 13.0. The molecule has 1 saturated heterocycles. The molecule has 0 unspecified atom stereocenters. The van der Waals surface area contributed by atoms with E-state index in [1.165, 1.54) is 0 Å². The number of hydrogen-bond donors (Lipinski definition) is 0.